The van der Waals surface area contributed by atoms with Crippen molar-refractivity contribution in [2.24, 2.45) is 0 Å². The van der Waals surface area contributed by atoms with Gasteiger partial charge in [0.25, 0.3) is 0 Å². The van der Waals surface area contributed by atoms with E-state index >= 15 is 0 Å². The first-order valence-corrected chi connectivity index (χ1v) is 4.04. The Kier molecular flexibility index (Phi) is 2.81. The lowest BCUT2D eigenvalue weighted by Crippen LogP contribution is -2.10. The minimum absolute atomic E-state index is 0.386. The molecule has 0 heterocycles. The lowest BCUT2D eigenvalue weighted by molar-refractivity contribution is -0.139. The summed E-state index contributed by atoms with van der Waals surface area (Å²) >= 11 is 0. The van der Waals surface area contributed by atoms with Crippen molar-refractivity contribution >= 4 is 0 Å². The van der Waals surface area contributed by atoms with Gasteiger partial charge in [-0.15, -0.1) is 0 Å². The van der Waals surface area contributed by atoms with Gasteiger partial charge in [0.1, 0.15) is 0 Å². The first kappa shape index (κ1) is 11.6. The van der Waals surface area contributed by atoms with E-state index in [0.717, 1.165) is 6.92 Å². The van der Waals surface area contributed by atoms with Gasteiger partial charge in [0.2, 0.25) is 0 Å². The normalized spacial score (nSPS) is 13.9. The van der Waals surface area contributed by atoms with E-state index in [0.29, 0.717) is 12.1 Å². The third-order valence-electron chi connectivity index (χ3n) is 1.90. The summed E-state index contributed by atoms with van der Waals surface area (Å²) in [7, 11) is 0. The summed E-state index contributed by atoms with van der Waals surface area (Å²) in [5.41, 5.74) is -1.63. The summed E-state index contributed by atoms with van der Waals surface area (Å²) in [6, 6.07) is 1.08. The fourth-order valence-electron chi connectivity index (χ4n) is 1.18. The van der Waals surface area contributed by atoms with E-state index in [4.69, 9.17) is 15.3 Å². The van der Waals surface area contributed by atoms with E-state index in [1.54, 1.807) is 0 Å². The third kappa shape index (κ3) is 2.33. The molecule has 1 rings (SSSR count). The molecule has 1 aromatic carbocycles. The van der Waals surface area contributed by atoms with E-state index in [1.165, 1.54) is 0 Å². The Labute approximate surface area is 83.4 Å². The van der Waals surface area contributed by atoms with Gasteiger partial charge in [0.05, 0.1) is 11.7 Å². The van der Waals surface area contributed by atoms with Gasteiger partial charge >= 0.3 is 6.18 Å². The highest BCUT2D eigenvalue weighted by molar-refractivity contribution is 5.47. The fourth-order valence-corrected chi connectivity index (χ4v) is 1.18. The quantitative estimate of drug-likeness (QED) is 0.638. The average molecular weight is 222 g/mol. The Bertz CT molecular complexity index is 372. The van der Waals surface area contributed by atoms with Crippen molar-refractivity contribution in [1.29, 1.82) is 0 Å². The number of benzene rings is 1. The molecule has 0 aliphatic rings. The molecule has 6 heteroatoms. The number of halogens is 3. The molecule has 0 saturated carbocycles. The number of aromatic hydroxyl groups is 2. The van der Waals surface area contributed by atoms with Crippen LogP contribution in [0.2, 0.25) is 0 Å². The molecule has 0 fully saturated rings. The van der Waals surface area contributed by atoms with E-state index in [-0.39, 0.29) is 0 Å². The van der Waals surface area contributed by atoms with Gasteiger partial charge in [-0.1, -0.05) is 0 Å². The first-order chi connectivity index (χ1) is 6.73. The monoisotopic (exact) mass is 222 g/mol. The van der Waals surface area contributed by atoms with Crippen LogP contribution in [0.5, 0.6) is 11.5 Å². The fraction of sp³-hybridized carbons (Fsp3) is 0.333. The van der Waals surface area contributed by atoms with Gasteiger partial charge in [0.15, 0.2) is 11.5 Å². The number of aliphatic hydroxyl groups excluding tert-OH is 1. The van der Waals surface area contributed by atoms with Crippen LogP contribution in [0.4, 0.5) is 13.2 Å². The van der Waals surface area contributed by atoms with E-state index in [1.807, 2.05) is 0 Å². The lowest BCUT2D eigenvalue weighted by Gasteiger charge is -2.15. The summed E-state index contributed by atoms with van der Waals surface area (Å²) in [5, 5.41) is 27.0. The van der Waals surface area contributed by atoms with Crippen LogP contribution >= 0.6 is 0 Å². The van der Waals surface area contributed by atoms with Gasteiger partial charge in [-0.25, -0.2) is 0 Å². The second-order valence-electron chi connectivity index (χ2n) is 3.10. The van der Waals surface area contributed by atoms with Crippen LogP contribution in [0.1, 0.15) is 24.2 Å². The number of aliphatic hydroxyl groups is 1. The third-order valence-corrected chi connectivity index (χ3v) is 1.90. The maximum atomic E-state index is 12.4. The molecule has 84 valence electrons. The predicted octanol–water partition coefficient (Wildman–Crippen LogP) is 2.17. The molecule has 0 aliphatic carbocycles. The van der Waals surface area contributed by atoms with Gasteiger partial charge in [-0.2, -0.15) is 13.2 Å². The number of hydrogen-bond acceptors (Lipinski definition) is 3. The molecule has 0 bridgehead atoms. The van der Waals surface area contributed by atoms with Crippen molar-refractivity contribution in [3.63, 3.8) is 0 Å². The second-order valence-corrected chi connectivity index (χ2v) is 3.10. The van der Waals surface area contributed by atoms with E-state index in [2.05, 4.69) is 0 Å². The summed E-state index contributed by atoms with van der Waals surface area (Å²) in [5.74, 6) is -1.56. The molecular formula is C9H9F3O3. The largest absolute Gasteiger partial charge is 0.504 e. The zero-order valence-corrected chi connectivity index (χ0v) is 7.71. The second kappa shape index (κ2) is 3.62. The van der Waals surface area contributed by atoms with Crippen molar-refractivity contribution in [3.05, 3.63) is 23.3 Å². The van der Waals surface area contributed by atoms with Crippen molar-refractivity contribution in [2.45, 2.75) is 19.2 Å². The molecule has 3 nitrogen and oxygen atoms in total. The highest BCUT2D eigenvalue weighted by atomic mass is 19.4. The maximum absolute atomic E-state index is 12.4. The summed E-state index contributed by atoms with van der Waals surface area (Å²) in [6.07, 6.45) is -6.06. The molecule has 0 amide bonds. The topological polar surface area (TPSA) is 60.7 Å². The van der Waals surface area contributed by atoms with Crippen LogP contribution in [0.3, 0.4) is 0 Å². The van der Waals surface area contributed by atoms with Gasteiger partial charge in [0, 0.05) is 0 Å². The first-order valence-electron chi connectivity index (χ1n) is 4.04. The molecule has 0 radical (unpaired) electrons. The number of rotatable bonds is 1. The maximum Gasteiger partial charge on any atom is 0.416 e. The van der Waals surface area contributed by atoms with Crippen LogP contribution in [0.25, 0.3) is 0 Å². The Morgan fingerprint density at radius 3 is 2.00 bits per heavy atom. The minimum atomic E-state index is -4.68. The molecule has 1 atom stereocenters. The van der Waals surface area contributed by atoms with Gasteiger partial charge in [-0.3, -0.25) is 0 Å². The van der Waals surface area contributed by atoms with Crippen LogP contribution < -0.4 is 0 Å². The van der Waals surface area contributed by atoms with Gasteiger partial charge < -0.3 is 15.3 Å². The van der Waals surface area contributed by atoms with Crippen molar-refractivity contribution in [1.82, 2.24) is 0 Å². The molecule has 0 spiro atoms. The smallest absolute Gasteiger partial charge is 0.416 e. The molecule has 1 aromatic rings. The predicted molar refractivity (Wildman–Crippen MR) is 45.4 cm³/mol. The van der Waals surface area contributed by atoms with Crippen molar-refractivity contribution in [3.8, 4) is 11.5 Å². The molecule has 0 saturated heterocycles. The highest BCUT2D eigenvalue weighted by Crippen LogP contribution is 2.40. The van der Waals surface area contributed by atoms with E-state index < -0.39 is 34.9 Å². The molecule has 0 aromatic heterocycles. The van der Waals surface area contributed by atoms with Crippen molar-refractivity contribution in [2.75, 3.05) is 0 Å². The SMILES string of the molecule is CC(O)c1cc(O)c(O)cc1C(F)(F)F. The van der Waals surface area contributed by atoms with Crippen molar-refractivity contribution < 1.29 is 28.5 Å². The number of phenols is 2. The zero-order valence-electron chi connectivity index (χ0n) is 7.71. The molecule has 15 heavy (non-hydrogen) atoms. The average Bonchev–Trinajstić information content (AvgIpc) is 2.06. The van der Waals surface area contributed by atoms with Crippen LogP contribution in [0, 0.1) is 0 Å². The van der Waals surface area contributed by atoms with Crippen LogP contribution in [-0.4, -0.2) is 15.3 Å². The zero-order chi connectivity index (χ0) is 11.8. The summed E-state index contributed by atoms with van der Waals surface area (Å²) in [4.78, 5) is 0. The molecule has 3 N–H and O–H groups in total. The molecule has 0 aliphatic heterocycles. The van der Waals surface area contributed by atoms with Crippen LogP contribution in [-0.2, 0) is 6.18 Å². The number of hydrogen-bond donors (Lipinski definition) is 3. The Morgan fingerprint density at radius 1 is 1.13 bits per heavy atom. The van der Waals surface area contributed by atoms with E-state index in [9.17, 15) is 13.2 Å². The number of alkyl halides is 3. The molecular weight excluding hydrogens is 213 g/mol. The Morgan fingerprint density at radius 2 is 1.60 bits per heavy atom. The molecule has 1 unspecified atom stereocenters. The Hall–Kier alpha value is -1.43. The summed E-state index contributed by atoms with van der Waals surface area (Å²) in [6.45, 7) is 1.14. The van der Waals surface area contributed by atoms with Crippen LogP contribution in [0.15, 0.2) is 12.1 Å². The standard InChI is InChI=1S/C9H9F3O3/c1-4(13)5-2-7(14)8(15)3-6(5)9(10,11)12/h2-4,13-15H,1H3. The Balaban J connectivity index is 3.42. The number of phenolic OH excluding ortho intramolecular Hbond substituents is 2. The lowest BCUT2D eigenvalue weighted by atomic mass is 10.0. The summed E-state index contributed by atoms with van der Waals surface area (Å²) < 4.78 is 37.2. The van der Waals surface area contributed by atoms with Gasteiger partial charge in [-0.05, 0) is 24.6 Å². The minimum Gasteiger partial charge on any atom is -0.504 e. The highest BCUT2D eigenvalue weighted by Gasteiger charge is 2.35.